The Morgan fingerprint density at radius 3 is 2.62 bits per heavy atom. The lowest BCUT2D eigenvalue weighted by Crippen LogP contribution is -2.45. The molecule has 156 valence electrons. The normalized spacial score (nSPS) is 17.8. The average Bonchev–Trinajstić information content (AvgIpc) is 2.59. The second kappa shape index (κ2) is 7.88. The largest absolute Gasteiger partial charge is 0.487 e. The molecule has 1 N–H and O–H groups in total. The zero-order valence-corrected chi connectivity index (χ0v) is 18.5. The van der Waals surface area contributed by atoms with Crippen LogP contribution in [-0.4, -0.2) is 32.7 Å². The fraction of sp³-hybridized carbons (Fsp3) is 0.381. The van der Waals surface area contributed by atoms with Crippen LogP contribution in [0.4, 0.5) is 5.69 Å². The predicted octanol–water partition coefficient (Wildman–Crippen LogP) is 3.83. The predicted molar refractivity (Wildman–Crippen MR) is 115 cm³/mol. The van der Waals surface area contributed by atoms with Gasteiger partial charge in [0.2, 0.25) is 15.9 Å². The molecule has 29 heavy (non-hydrogen) atoms. The Kier molecular flexibility index (Phi) is 5.83. The van der Waals surface area contributed by atoms with Crippen LogP contribution in [0.15, 0.2) is 42.5 Å². The average molecular weight is 437 g/mol. The summed E-state index contributed by atoms with van der Waals surface area (Å²) in [4.78, 5) is 12.9. The minimum Gasteiger partial charge on any atom is -0.487 e. The highest BCUT2D eigenvalue weighted by atomic mass is 35.5. The molecule has 0 radical (unpaired) electrons. The van der Waals surface area contributed by atoms with E-state index in [-0.39, 0.29) is 23.3 Å². The molecule has 8 heteroatoms. The number of amides is 1. The molecule has 1 amide bonds. The fourth-order valence-corrected chi connectivity index (χ4v) is 4.66. The Hall–Kier alpha value is -2.25. The van der Waals surface area contributed by atoms with Crippen molar-refractivity contribution in [3.63, 3.8) is 0 Å². The van der Waals surface area contributed by atoms with Crippen molar-refractivity contribution in [2.24, 2.45) is 0 Å². The molecular weight excluding hydrogens is 412 g/mol. The second-order valence-corrected chi connectivity index (χ2v) is 10.3. The molecule has 1 heterocycles. The van der Waals surface area contributed by atoms with Gasteiger partial charge >= 0.3 is 0 Å². The Labute approximate surface area is 176 Å². The van der Waals surface area contributed by atoms with Gasteiger partial charge in [-0.1, -0.05) is 41.4 Å². The van der Waals surface area contributed by atoms with Gasteiger partial charge in [0.15, 0.2) is 0 Å². The molecule has 1 aliphatic heterocycles. The van der Waals surface area contributed by atoms with Crippen molar-refractivity contribution in [3.8, 4) is 5.75 Å². The van der Waals surface area contributed by atoms with Crippen molar-refractivity contribution in [1.29, 1.82) is 0 Å². The third kappa shape index (κ3) is 5.03. The zero-order chi connectivity index (χ0) is 21.4. The molecule has 2 aromatic carbocycles. The number of anilines is 1. The molecule has 1 aliphatic rings. The minimum atomic E-state index is -3.70. The van der Waals surface area contributed by atoms with Gasteiger partial charge in [0.05, 0.1) is 23.0 Å². The summed E-state index contributed by atoms with van der Waals surface area (Å²) in [6, 6.07) is 12.1. The van der Waals surface area contributed by atoms with Crippen LogP contribution in [0.5, 0.6) is 5.75 Å². The van der Waals surface area contributed by atoms with E-state index < -0.39 is 21.5 Å². The second-order valence-electron chi connectivity index (χ2n) is 7.95. The number of aryl methyl sites for hydroxylation is 1. The number of nitrogens with zero attached hydrogens (tertiary/aromatic N) is 1. The first-order chi connectivity index (χ1) is 13.5. The van der Waals surface area contributed by atoms with Crippen molar-refractivity contribution in [2.75, 3.05) is 17.1 Å². The summed E-state index contributed by atoms with van der Waals surface area (Å²) in [6.07, 6.45) is 1.62. The van der Waals surface area contributed by atoms with Gasteiger partial charge in [-0.3, -0.25) is 9.10 Å². The maximum Gasteiger partial charge on any atom is 0.241 e. The molecule has 0 fully saturated rings. The Morgan fingerprint density at radius 1 is 1.28 bits per heavy atom. The first-order valence-electron chi connectivity index (χ1n) is 9.27. The van der Waals surface area contributed by atoms with Crippen LogP contribution >= 0.6 is 11.6 Å². The smallest absolute Gasteiger partial charge is 0.241 e. The number of para-hydroxylation sites is 1. The Morgan fingerprint density at radius 2 is 1.97 bits per heavy atom. The van der Waals surface area contributed by atoms with Crippen LogP contribution in [0.25, 0.3) is 0 Å². The number of fused-ring (bicyclic) bond motifs is 1. The molecule has 0 saturated carbocycles. The molecule has 0 spiro atoms. The molecule has 0 bridgehead atoms. The van der Waals surface area contributed by atoms with E-state index in [9.17, 15) is 13.2 Å². The standard InChI is InChI=1S/C21H25ClN2O4S/c1-14-9-10-19-15(11-14)17(12-21(2,3)28-19)23-20(25)13-24(29(4,26)27)18-8-6-5-7-16(18)22/h5-11,17H,12-13H2,1-4H3,(H,23,25)/t17-/m1/s1. The molecule has 0 saturated heterocycles. The summed E-state index contributed by atoms with van der Waals surface area (Å²) in [7, 11) is -3.70. The van der Waals surface area contributed by atoms with E-state index in [0.29, 0.717) is 6.42 Å². The number of benzene rings is 2. The number of rotatable bonds is 5. The van der Waals surface area contributed by atoms with Crippen LogP contribution in [-0.2, 0) is 14.8 Å². The number of hydrogen-bond donors (Lipinski definition) is 1. The lowest BCUT2D eigenvalue weighted by Gasteiger charge is -2.38. The van der Waals surface area contributed by atoms with Crippen LogP contribution < -0.4 is 14.4 Å². The number of hydrogen-bond acceptors (Lipinski definition) is 4. The highest BCUT2D eigenvalue weighted by Crippen LogP contribution is 2.40. The Bertz CT molecular complexity index is 1040. The number of sulfonamides is 1. The van der Waals surface area contributed by atoms with Crippen molar-refractivity contribution in [1.82, 2.24) is 5.32 Å². The van der Waals surface area contributed by atoms with Crippen molar-refractivity contribution >= 4 is 33.2 Å². The molecule has 3 rings (SSSR count). The summed E-state index contributed by atoms with van der Waals surface area (Å²) in [5, 5.41) is 3.24. The third-order valence-electron chi connectivity index (χ3n) is 4.77. The van der Waals surface area contributed by atoms with Gasteiger partial charge in [0.1, 0.15) is 17.9 Å². The summed E-state index contributed by atoms with van der Waals surface area (Å²) in [6.45, 7) is 5.53. The molecule has 2 aromatic rings. The van der Waals surface area contributed by atoms with E-state index in [0.717, 1.165) is 27.4 Å². The third-order valence-corrected chi connectivity index (χ3v) is 6.21. The summed E-state index contributed by atoms with van der Waals surface area (Å²) < 4.78 is 31.7. The van der Waals surface area contributed by atoms with E-state index >= 15 is 0 Å². The molecular formula is C21H25ClN2O4S. The SMILES string of the molecule is Cc1ccc2c(c1)[C@H](NC(=O)CN(c1ccccc1Cl)S(C)(=O)=O)CC(C)(C)O2. The highest BCUT2D eigenvalue weighted by Gasteiger charge is 2.35. The van der Waals surface area contributed by atoms with Crippen molar-refractivity contribution in [2.45, 2.75) is 38.8 Å². The number of carbonyl (C=O) groups is 1. The van der Waals surface area contributed by atoms with Gasteiger partial charge in [0.25, 0.3) is 0 Å². The topological polar surface area (TPSA) is 75.7 Å². The van der Waals surface area contributed by atoms with Gasteiger partial charge in [-0.25, -0.2) is 8.42 Å². The van der Waals surface area contributed by atoms with E-state index in [2.05, 4.69) is 5.32 Å². The minimum absolute atomic E-state index is 0.263. The van der Waals surface area contributed by atoms with Crippen LogP contribution in [0.1, 0.15) is 37.4 Å². The maximum absolute atomic E-state index is 12.9. The monoisotopic (exact) mass is 436 g/mol. The van der Waals surface area contributed by atoms with Gasteiger partial charge in [0, 0.05) is 12.0 Å². The highest BCUT2D eigenvalue weighted by molar-refractivity contribution is 7.92. The van der Waals surface area contributed by atoms with Crippen molar-refractivity contribution < 1.29 is 17.9 Å². The van der Waals surface area contributed by atoms with Gasteiger partial charge in [-0.05, 0) is 39.0 Å². The maximum atomic E-state index is 12.9. The van der Waals surface area contributed by atoms with Crippen LogP contribution in [0.3, 0.4) is 0 Å². The van der Waals surface area contributed by atoms with E-state index in [1.54, 1.807) is 24.3 Å². The summed E-state index contributed by atoms with van der Waals surface area (Å²) in [5.74, 6) is 0.314. The lowest BCUT2D eigenvalue weighted by molar-refractivity contribution is -0.120. The lowest BCUT2D eigenvalue weighted by atomic mass is 9.89. The molecule has 1 atom stereocenters. The molecule has 0 aromatic heterocycles. The van der Waals surface area contributed by atoms with Crippen molar-refractivity contribution in [3.05, 3.63) is 58.6 Å². The fourth-order valence-electron chi connectivity index (χ4n) is 3.51. The molecule has 6 nitrogen and oxygen atoms in total. The van der Waals surface area contributed by atoms with E-state index in [4.69, 9.17) is 16.3 Å². The van der Waals surface area contributed by atoms with Gasteiger partial charge in [-0.15, -0.1) is 0 Å². The molecule has 0 unspecified atom stereocenters. The van der Waals surface area contributed by atoms with Crippen LogP contribution in [0, 0.1) is 6.92 Å². The number of nitrogens with one attached hydrogen (secondary N) is 1. The van der Waals surface area contributed by atoms with Gasteiger partial charge < -0.3 is 10.1 Å². The first-order valence-corrected chi connectivity index (χ1v) is 11.5. The summed E-state index contributed by atoms with van der Waals surface area (Å²) in [5.41, 5.74) is 1.76. The number of carbonyl (C=O) groups excluding carboxylic acids is 1. The Balaban J connectivity index is 1.86. The number of ether oxygens (including phenoxy) is 1. The summed E-state index contributed by atoms with van der Waals surface area (Å²) >= 11 is 6.17. The van der Waals surface area contributed by atoms with Crippen LogP contribution in [0.2, 0.25) is 5.02 Å². The first kappa shape index (κ1) is 21.5. The number of halogens is 1. The molecule has 0 aliphatic carbocycles. The van der Waals surface area contributed by atoms with E-state index in [1.807, 2.05) is 39.0 Å². The van der Waals surface area contributed by atoms with E-state index in [1.165, 1.54) is 0 Å². The zero-order valence-electron chi connectivity index (χ0n) is 16.9. The van der Waals surface area contributed by atoms with Gasteiger partial charge in [-0.2, -0.15) is 0 Å². The quantitative estimate of drug-likeness (QED) is 0.772.